The van der Waals surface area contributed by atoms with Gasteiger partial charge in [0.25, 0.3) is 0 Å². The molecule has 0 amide bonds. The molecule has 1 aromatic carbocycles. The fraction of sp³-hybridized carbons (Fsp3) is 0.571. The van der Waals surface area contributed by atoms with Crippen molar-refractivity contribution in [2.24, 2.45) is 0 Å². The van der Waals surface area contributed by atoms with E-state index in [-0.39, 0.29) is 12.5 Å². The fourth-order valence-corrected chi connectivity index (χ4v) is 2.50. The number of hydrogen-bond donors (Lipinski definition) is 1. The van der Waals surface area contributed by atoms with E-state index < -0.39 is 12.6 Å². The molecular formula is C14H19BrF3N. The summed E-state index contributed by atoms with van der Waals surface area (Å²) in [5.74, 6) is 0. The van der Waals surface area contributed by atoms with Crippen LogP contribution in [0.5, 0.6) is 0 Å². The number of rotatable bonds is 6. The van der Waals surface area contributed by atoms with Crippen molar-refractivity contribution in [3.05, 3.63) is 33.8 Å². The molecule has 0 aliphatic carbocycles. The van der Waals surface area contributed by atoms with Gasteiger partial charge in [-0.25, -0.2) is 0 Å². The van der Waals surface area contributed by atoms with Gasteiger partial charge in [-0.05, 0) is 49.6 Å². The van der Waals surface area contributed by atoms with Crippen LogP contribution in [0.1, 0.15) is 43.4 Å². The van der Waals surface area contributed by atoms with Gasteiger partial charge in [0.2, 0.25) is 0 Å². The maximum atomic E-state index is 12.4. The minimum absolute atomic E-state index is 0.0754. The fourth-order valence-electron chi connectivity index (χ4n) is 2.02. The molecule has 0 radical (unpaired) electrons. The second kappa shape index (κ2) is 7.29. The number of hydrogen-bond acceptors (Lipinski definition) is 1. The van der Waals surface area contributed by atoms with Crippen molar-refractivity contribution in [3.63, 3.8) is 0 Å². The lowest BCUT2D eigenvalue weighted by molar-refractivity contribution is -0.136. The summed E-state index contributed by atoms with van der Waals surface area (Å²) in [6.07, 6.45) is -3.89. The third kappa shape index (κ3) is 5.95. The molecule has 0 bridgehead atoms. The lowest BCUT2D eigenvalue weighted by Crippen LogP contribution is -2.24. The van der Waals surface area contributed by atoms with Crippen molar-refractivity contribution >= 4 is 15.9 Å². The standard InChI is InChI=1S/C14H19BrF3N/c1-3-8-19-13(6-7-14(16,17)18)12-5-4-11(15)9-10(12)2/h4-5,9,13,19H,3,6-8H2,1-2H3. The van der Waals surface area contributed by atoms with Gasteiger partial charge in [-0.1, -0.05) is 28.9 Å². The van der Waals surface area contributed by atoms with Crippen molar-refractivity contribution in [2.75, 3.05) is 6.54 Å². The van der Waals surface area contributed by atoms with Crippen LogP contribution < -0.4 is 5.32 Å². The number of nitrogens with one attached hydrogen (secondary N) is 1. The number of benzene rings is 1. The molecule has 1 N–H and O–H groups in total. The van der Waals surface area contributed by atoms with Crippen LogP contribution in [0.4, 0.5) is 13.2 Å². The molecule has 1 rings (SSSR count). The van der Waals surface area contributed by atoms with Crippen LogP contribution in [0, 0.1) is 6.92 Å². The zero-order valence-electron chi connectivity index (χ0n) is 11.1. The summed E-state index contributed by atoms with van der Waals surface area (Å²) < 4.78 is 38.1. The van der Waals surface area contributed by atoms with E-state index in [0.29, 0.717) is 0 Å². The van der Waals surface area contributed by atoms with Crippen LogP contribution in [0.3, 0.4) is 0 Å². The Bertz CT molecular complexity index is 404. The van der Waals surface area contributed by atoms with Crippen molar-refractivity contribution < 1.29 is 13.2 Å². The average Bonchev–Trinajstić information content (AvgIpc) is 2.29. The van der Waals surface area contributed by atoms with Crippen LogP contribution in [0.2, 0.25) is 0 Å². The Morgan fingerprint density at radius 1 is 1.32 bits per heavy atom. The quantitative estimate of drug-likeness (QED) is 0.757. The molecule has 1 atom stereocenters. The van der Waals surface area contributed by atoms with E-state index in [0.717, 1.165) is 28.6 Å². The van der Waals surface area contributed by atoms with E-state index in [9.17, 15) is 13.2 Å². The van der Waals surface area contributed by atoms with Gasteiger partial charge in [0.1, 0.15) is 0 Å². The minimum atomic E-state index is -4.10. The Morgan fingerprint density at radius 3 is 2.53 bits per heavy atom. The second-order valence-corrected chi connectivity index (χ2v) is 5.58. The normalized spacial score (nSPS) is 13.6. The molecule has 0 aliphatic heterocycles. The van der Waals surface area contributed by atoms with E-state index >= 15 is 0 Å². The molecule has 1 unspecified atom stereocenters. The van der Waals surface area contributed by atoms with Crippen molar-refractivity contribution in [1.29, 1.82) is 0 Å². The Kier molecular flexibility index (Phi) is 6.33. The highest BCUT2D eigenvalue weighted by molar-refractivity contribution is 9.10. The van der Waals surface area contributed by atoms with Crippen molar-refractivity contribution in [3.8, 4) is 0 Å². The largest absolute Gasteiger partial charge is 0.389 e. The number of alkyl halides is 3. The van der Waals surface area contributed by atoms with Gasteiger partial charge in [0.15, 0.2) is 0 Å². The van der Waals surface area contributed by atoms with E-state index in [4.69, 9.17) is 0 Å². The van der Waals surface area contributed by atoms with E-state index in [1.165, 1.54) is 0 Å². The topological polar surface area (TPSA) is 12.0 Å². The molecule has 0 saturated carbocycles. The third-order valence-electron chi connectivity index (χ3n) is 2.96. The molecule has 0 heterocycles. The lowest BCUT2D eigenvalue weighted by atomic mass is 9.97. The van der Waals surface area contributed by atoms with Gasteiger partial charge < -0.3 is 5.32 Å². The zero-order valence-corrected chi connectivity index (χ0v) is 12.7. The molecule has 0 saturated heterocycles. The van der Waals surface area contributed by atoms with Crippen LogP contribution in [-0.4, -0.2) is 12.7 Å². The van der Waals surface area contributed by atoms with Crippen LogP contribution in [0.15, 0.2) is 22.7 Å². The first kappa shape index (κ1) is 16.5. The molecule has 1 nitrogen and oxygen atoms in total. The van der Waals surface area contributed by atoms with Gasteiger partial charge in [0, 0.05) is 16.9 Å². The third-order valence-corrected chi connectivity index (χ3v) is 3.46. The maximum Gasteiger partial charge on any atom is 0.389 e. The van der Waals surface area contributed by atoms with Crippen molar-refractivity contribution in [2.45, 2.75) is 45.3 Å². The Labute approximate surface area is 120 Å². The molecule has 0 aromatic heterocycles. The molecule has 5 heteroatoms. The summed E-state index contributed by atoms with van der Waals surface area (Å²) >= 11 is 3.37. The first-order chi connectivity index (χ1) is 8.83. The van der Waals surface area contributed by atoms with Gasteiger partial charge in [-0.2, -0.15) is 13.2 Å². The highest BCUT2D eigenvalue weighted by atomic mass is 79.9. The van der Waals surface area contributed by atoms with Crippen LogP contribution in [0.25, 0.3) is 0 Å². The minimum Gasteiger partial charge on any atom is -0.310 e. The summed E-state index contributed by atoms with van der Waals surface area (Å²) in [5.41, 5.74) is 1.95. The highest BCUT2D eigenvalue weighted by Crippen LogP contribution is 2.30. The Balaban J connectivity index is 2.83. The molecule has 1 aromatic rings. The first-order valence-electron chi connectivity index (χ1n) is 6.39. The van der Waals surface area contributed by atoms with Gasteiger partial charge in [-0.15, -0.1) is 0 Å². The molecule has 0 spiro atoms. The molecule has 19 heavy (non-hydrogen) atoms. The highest BCUT2D eigenvalue weighted by Gasteiger charge is 2.28. The Hall–Kier alpha value is -0.550. The monoisotopic (exact) mass is 337 g/mol. The zero-order chi connectivity index (χ0) is 14.5. The number of halogens is 4. The van der Waals surface area contributed by atoms with E-state index in [2.05, 4.69) is 21.2 Å². The predicted octanol–water partition coefficient (Wildman–Crippen LogP) is 5.14. The molecule has 0 aliphatic rings. The van der Waals surface area contributed by atoms with Crippen molar-refractivity contribution in [1.82, 2.24) is 5.32 Å². The summed E-state index contributed by atoms with van der Waals surface area (Å²) in [4.78, 5) is 0. The SMILES string of the molecule is CCCNC(CCC(F)(F)F)c1ccc(Br)cc1C. The lowest BCUT2D eigenvalue weighted by Gasteiger charge is -2.22. The van der Waals surface area contributed by atoms with Gasteiger partial charge in [-0.3, -0.25) is 0 Å². The summed E-state index contributed by atoms with van der Waals surface area (Å²) in [5, 5.41) is 3.20. The molecular weight excluding hydrogens is 319 g/mol. The predicted molar refractivity (Wildman–Crippen MR) is 75.2 cm³/mol. The van der Waals surface area contributed by atoms with Crippen LogP contribution >= 0.6 is 15.9 Å². The van der Waals surface area contributed by atoms with E-state index in [1.54, 1.807) is 0 Å². The first-order valence-corrected chi connectivity index (χ1v) is 7.19. The maximum absolute atomic E-state index is 12.4. The van der Waals surface area contributed by atoms with Gasteiger partial charge in [0.05, 0.1) is 0 Å². The Morgan fingerprint density at radius 2 is 2.00 bits per heavy atom. The number of aryl methyl sites for hydroxylation is 1. The second-order valence-electron chi connectivity index (χ2n) is 4.66. The molecule has 108 valence electrons. The summed E-state index contributed by atoms with van der Waals surface area (Å²) in [6.45, 7) is 4.65. The van der Waals surface area contributed by atoms with Gasteiger partial charge >= 0.3 is 6.18 Å². The van der Waals surface area contributed by atoms with E-state index in [1.807, 2.05) is 32.0 Å². The summed E-state index contributed by atoms with van der Waals surface area (Å²) in [6, 6.07) is 5.46. The van der Waals surface area contributed by atoms with Crippen LogP contribution in [-0.2, 0) is 0 Å². The average molecular weight is 338 g/mol. The smallest absolute Gasteiger partial charge is 0.310 e. The summed E-state index contributed by atoms with van der Waals surface area (Å²) in [7, 11) is 0. The molecule has 0 fully saturated rings.